The van der Waals surface area contributed by atoms with E-state index < -0.39 is 0 Å². The number of ether oxygens (including phenoxy) is 1. The zero-order valence-electron chi connectivity index (χ0n) is 12.7. The number of likely N-dealkylation sites (N-methyl/N-ethyl adjacent to an activating group) is 1. The molecule has 0 radical (unpaired) electrons. The van der Waals surface area contributed by atoms with Gasteiger partial charge in [0.25, 0.3) is 0 Å². The normalized spacial score (nSPS) is 21.4. The smallest absolute Gasteiger partial charge is 0.128 e. The predicted octanol–water partition coefficient (Wildman–Crippen LogP) is 3.35. The first kappa shape index (κ1) is 16.9. The lowest BCUT2D eigenvalue weighted by molar-refractivity contribution is -0.0473. The molecule has 3 nitrogen and oxygen atoms in total. The second-order valence-electron chi connectivity index (χ2n) is 5.41. The van der Waals surface area contributed by atoms with Crippen LogP contribution in [0.25, 0.3) is 0 Å². The summed E-state index contributed by atoms with van der Waals surface area (Å²) in [6.45, 7) is 8.59. The summed E-state index contributed by atoms with van der Waals surface area (Å²) in [5.74, 6) is -0.180. The van der Waals surface area contributed by atoms with Gasteiger partial charge in [-0.25, -0.2) is 4.39 Å². The Labute approximate surface area is 135 Å². The van der Waals surface area contributed by atoms with E-state index in [4.69, 9.17) is 4.74 Å². The molecule has 1 saturated heterocycles. The van der Waals surface area contributed by atoms with E-state index >= 15 is 0 Å². The molecule has 2 rings (SSSR count). The van der Waals surface area contributed by atoms with Crippen LogP contribution >= 0.6 is 15.9 Å². The third-order valence-corrected chi connectivity index (χ3v) is 4.30. The van der Waals surface area contributed by atoms with E-state index in [1.807, 2.05) is 13.0 Å². The zero-order chi connectivity index (χ0) is 15.2. The van der Waals surface area contributed by atoms with Gasteiger partial charge in [0, 0.05) is 23.1 Å². The summed E-state index contributed by atoms with van der Waals surface area (Å²) in [7, 11) is 0. The standard InChI is InChI=1S/C16H24BrFN2O/c1-3-7-20-8-9-21-15(11-20)16(19-4-2)13-10-12(17)5-6-14(13)18/h5-6,10,15-16,19H,3-4,7-9,11H2,1-2H3. The Morgan fingerprint density at radius 3 is 3.00 bits per heavy atom. The highest BCUT2D eigenvalue weighted by molar-refractivity contribution is 9.10. The highest BCUT2D eigenvalue weighted by Crippen LogP contribution is 2.27. The Morgan fingerprint density at radius 2 is 2.29 bits per heavy atom. The van der Waals surface area contributed by atoms with Crippen molar-refractivity contribution in [3.8, 4) is 0 Å². The third kappa shape index (κ3) is 4.49. The Hall–Kier alpha value is -0.490. The minimum Gasteiger partial charge on any atom is -0.374 e. The quantitative estimate of drug-likeness (QED) is 0.843. The van der Waals surface area contributed by atoms with E-state index in [0.29, 0.717) is 12.2 Å². The van der Waals surface area contributed by atoms with Gasteiger partial charge in [0.2, 0.25) is 0 Å². The van der Waals surface area contributed by atoms with Crippen LogP contribution in [0.1, 0.15) is 31.9 Å². The fraction of sp³-hybridized carbons (Fsp3) is 0.625. The van der Waals surface area contributed by atoms with Crippen LogP contribution in [0.5, 0.6) is 0 Å². The van der Waals surface area contributed by atoms with Gasteiger partial charge in [0.15, 0.2) is 0 Å². The van der Waals surface area contributed by atoms with Gasteiger partial charge < -0.3 is 10.1 Å². The minimum absolute atomic E-state index is 0.0194. The molecule has 0 bridgehead atoms. The van der Waals surface area contributed by atoms with Crippen molar-refractivity contribution in [1.82, 2.24) is 10.2 Å². The molecule has 1 aliphatic rings. The molecular weight excluding hydrogens is 335 g/mol. The first-order valence-electron chi connectivity index (χ1n) is 7.68. The molecule has 1 fully saturated rings. The highest BCUT2D eigenvalue weighted by atomic mass is 79.9. The lowest BCUT2D eigenvalue weighted by Gasteiger charge is -2.37. The van der Waals surface area contributed by atoms with Gasteiger partial charge in [-0.3, -0.25) is 4.90 Å². The van der Waals surface area contributed by atoms with E-state index in [-0.39, 0.29) is 18.0 Å². The van der Waals surface area contributed by atoms with Crippen LogP contribution in [0, 0.1) is 5.82 Å². The molecule has 1 N–H and O–H groups in total. The maximum absolute atomic E-state index is 14.2. The topological polar surface area (TPSA) is 24.5 Å². The molecule has 0 saturated carbocycles. The molecule has 0 spiro atoms. The average Bonchev–Trinajstić information content (AvgIpc) is 2.48. The number of nitrogens with one attached hydrogen (secondary N) is 1. The van der Waals surface area contributed by atoms with Crippen molar-refractivity contribution in [2.45, 2.75) is 32.4 Å². The third-order valence-electron chi connectivity index (χ3n) is 3.81. The number of halogens is 2. The molecule has 118 valence electrons. The highest BCUT2D eigenvalue weighted by Gasteiger charge is 2.30. The summed E-state index contributed by atoms with van der Waals surface area (Å²) >= 11 is 3.43. The van der Waals surface area contributed by atoms with Crippen molar-refractivity contribution in [3.63, 3.8) is 0 Å². The van der Waals surface area contributed by atoms with Crippen molar-refractivity contribution in [2.24, 2.45) is 0 Å². The van der Waals surface area contributed by atoms with E-state index in [9.17, 15) is 4.39 Å². The van der Waals surface area contributed by atoms with Gasteiger partial charge in [-0.1, -0.05) is 29.8 Å². The van der Waals surface area contributed by atoms with Gasteiger partial charge in [0.05, 0.1) is 18.8 Å². The maximum atomic E-state index is 14.2. The maximum Gasteiger partial charge on any atom is 0.128 e. The van der Waals surface area contributed by atoms with E-state index in [0.717, 1.165) is 37.1 Å². The van der Waals surface area contributed by atoms with Crippen LogP contribution in [0.15, 0.2) is 22.7 Å². The van der Waals surface area contributed by atoms with E-state index in [2.05, 4.69) is 33.1 Å². The molecule has 1 heterocycles. The van der Waals surface area contributed by atoms with Crippen LogP contribution in [0.3, 0.4) is 0 Å². The average molecular weight is 359 g/mol. The SMILES string of the molecule is CCCN1CCOC(C(NCC)c2cc(Br)ccc2F)C1. The van der Waals surface area contributed by atoms with E-state index in [1.165, 1.54) is 6.07 Å². The number of morpholine rings is 1. The Balaban J connectivity index is 2.19. The Morgan fingerprint density at radius 1 is 1.48 bits per heavy atom. The molecule has 2 unspecified atom stereocenters. The fourth-order valence-corrected chi connectivity index (χ4v) is 3.25. The van der Waals surface area contributed by atoms with Crippen molar-refractivity contribution in [2.75, 3.05) is 32.8 Å². The number of hydrogen-bond donors (Lipinski definition) is 1. The monoisotopic (exact) mass is 358 g/mol. The molecule has 2 atom stereocenters. The number of nitrogens with zero attached hydrogens (tertiary/aromatic N) is 1. The van der Waals surface area contributed by atoms with Gasteiger partial charge in [-0.15, -0.1) is 0 Å². The second-order valence-corrected chi connectivity index (χ2v) is 6.33. The molecule has 1 aliphatic heterocycles. The first-order valence-corrected chi connectivity index (χ1v) is 8.47. The van der Waals surface area contributed by atoms with E-state index in [1.54, 1.807) is 6.07 Å². The van der Waals surface area contributed by atoms with Gasteiger partial charge in [0.1, 0.15) is 5.82 Å². The Bertz CT molecular complexity index is 456. The summed E-state index contributed by atoms with van der Waals surface area (Å²) in [4.78, 5) is 2.40. The van der Waals surface area contributed by atoms with Gasteiger partial charge >= 0.3 is 0 Å². The fourth-order valence-electron chi connectivity index (χ4n) is 2.87. The molecule has 21 heavy (non-hydrogen) atoms. The molecule has 0 aromatic heterocycles. The molecule has 0 aliphatic carbocycles. The summed E-state index contributed by atoms with van der Waals surface area (Å²) in [5.41, 5.74) is 0.676. The van der Waals surface area contributed by atoms with Crippen molar-refractivity contribution >= 4 is 15.9 Å². The van der Waals surface area contributed by atoms with Crippen LogP contribution in [-0.4, -0.2) is 43.8 Å². The predicted molar refractivity (Wildman–Crippen MR) is 87.0 cm³/mol. The summed E-state index contributed by atoms with van der Waals surface area (Å²) in [6.07, 6.45) is 1.11. The summed E-state index contributed by atoms with van der Waals surface area (Å²) in [5, 5.41) is 3.39. The van der Waals surface area contributed by atoms with Crippen LogP contribution < -0.4 is 5.32 Å². The van der Waals surface area contributed by atoms with Crippen molar-refractivity contribution < 1.29 is 9.13 Å². The molecule has 0 amide bonds. The minimum atomic E-state index is -0.180. The number of benzene rings is 1. The molecule has 1 aromatic rings. The van der Waals surface area contributed by atoms with Crippen molar-refractivity contribution in [1.29, 1.82) is 0 Å². The second kappa shape index (κ2) is 8.22. The molecular formula is C16H24BrFN2O. The van der Waals surface area contributed by atoms with Gasteiger partial charge in [-0.2, -0.15) is 0 Å². The first-order chi connectivity index (χ1) is 10.2. The van der Waals surface area contributed by atoms with Crippen LogP contribution in [0.4, 0.5) is 4.39 Å². The zero-order valence-corrected chi connectivity index (χ0v) is 14.3. The molecule has 1 aromatic carbocycles. The van der Waals surface area contributed by atoms with Crippen molar-refractivity contribution in [3.05, 3.63) is 34.1 Å². The summed E-state index contributed by atoms with van der Waals surface area (Å²) < 4.78 is 21.0. The lowest BCUT2D eigenvalue weighted by atomic mass is 9.99. The van der Waals surface area contributed by atoms with Crippen LogP contribution in [-0.2, 0) is 4.74 Å². The summed E-state index contributed by atoms with van der Waals surface area (Å²) in [6, 6.07) is 4.97. The lowest BCUT2D eigenvalue weighted by Crippen LogP contribution is -2.48. The molecule has 5 heteroatoms. The van der Waals surface area contributed by atoms with Crippen LogP contribution in [0.2, 0.25) is 0 Å². The van der Waals surface area contributed by atoms with Gasteiger partial charge in [-0.05, 0) is 37.7 Å². The largest absolute Gasteiger partial charge is 0.374 e. The number of hydrogen-bond acceptors (Lipinski definition) is 3. The number of rotatable bonds is 6. The Kier molecular flexibility index (Phi) is 6.61.